The van der Waals surface area contributed by atoms with Gasteiger partial charge in [0.25, 0.3) is 0 Å². The second kappa shape index (κ2) is 10.2. The molecule has 0 unspecified atom stereocenters. The number of phenolic OH excluding ortho intramolecular Hbond substituents is 1. The number of para-hydroxylation sites is 1. The second-order valence-corrected chi connectivity index (χ2v) is 5.63. The molecule has 124 valence electrons. The number of rotatable bonds is 8. The first-order valence-electron chi connectivity index (χ1n) is 8.39. The number of unbranched alkanes of at least 4 members (excludes halogenated alkanes) is 2. The van der Waals surface area contributed by atoms with Crippen LogP contribution in [-0.2, 0) is 0 Å². The molecule has 0 radical (unpaired) electrons. The standard InChI is InChI=1S/C21H24N2O/c1-2-3-5-12-19(15-18-10-6-4-7-11-18)16-22-23-17-20-13-8-9-14-21(20)24/h4,6-11,13-17,24H,2-3,5,12H2,1H3/b19-15+,22-16-,23-17+. The second-order valence-electron chi connectivity index (χ2n) is 5.63. The molecule has 0 amide bonds. The van der Waals surface area contributed by atoms with Gasteiger partial charge in [-0.3, -0.25) is 0 Å². The van der Waals surface area contributed by atoms with E-state index in [0.717, 1.165) is 18.4 Å². The normalized spacial score (nSPS) is 12.3. The number of allylic oxidation sites excluding steroid dienone is 1. The highest BCUT2D eigenvalue weighted by Gasteiger charge is 1.97. The lowest BCUT2D eigenvalue weighted by Gasteiger charge is -2.01. The van der Waals surface area contributed by atoms with Crippen LogP contribution in [0.2, 0.25) is 0 Å². The molecule has 3 heteroatoms. The van der Waals surface area contributed by atoms with Crippen LogP contribution in [0.5, 0.6) is 5.75 Å². The number of benzene rings is 2. The number of phenols is 1. The first-order chi connectivity index (χ1) is 11.8. The van der Waals surface area contributed by atoms with Crippen molar-refractivity contribution in [3.63, 3.8) is 0 Å². The molecule has 1 N–H and O–H groups in total. The van der Waals surface area contributed by atoms with Gasteiger partial charge < -0.3 is 5.11 Å². The fourth-order valence-corrected chi connectivity index (χ4v) is 2.32. The van der Waals surface area contributed by atoms with Crippen molar-refractivity contribution < 1.29 is 5.11 Å². The van der Waals surface area contributed by atoms with E-state index in [1.165, 1.54) is 18.4 Å². The number of hydrogen-bond acceptors (Lipinski definition) is 3. The van der Waals surface area contributed by atoms with Crippen LogP contribution in [0.4, 0.5) is 0 Å². The first-order valence-corrected chi connectivity index (χ1v) is 8.39. The van der Waals surface area contributed by atoms with Crippen molar-refractivity contribution in [2.75, 3.05) is 0 Å². The fourth-order valence-electron chi connectivity index (χ4n) is 2.32. The molecule has 0 aliphatic rings. The van der Waals surface area contributed by atoms with Gasteiger partial charge in [0.05, 0.1) is 12.4 Å². The molecule has 0 spiro atoms. The van der Waals surface area contributed by atoms with Crippen LogP contribution in [-0.4, -0.2) is 17.5 Å². The molecule has 0 aromatic heterocycles. The van der Waals surface area contributed by atoms with Gasteiger partial charge in [0, 0.05) is 5.56 Å². The summed E-state index contributed by atoms with van der Waals surface area (Å²) >= 11 is 0. The zero-order chi connectivity index (χ0) is 17.0. The van der Waals surface area contributed by atoms with Gasteiger partial charge in [0.1, 0.15) is 5.75 Å². The zero-order valence-corrected chi connectivity index (χ0v) is 14.1. The van der Waals surface area contributed by atoms with E-state index in [2.05, 4.69) is 35.3 Å². The van der Waals surface area contributed by atoms with Crippen LogP contribution in [0.15, 0.2) is 70.4 Å². The van der Waals surface area contributed by atoms with Gasteiger partial charge in [0.15, 0.2) is 0 Å². The molecule has 0 aliphatic heterocycles. The van der Waals surface area contributed by atoms with E-state index in [1.54, 1.807) is 30.6 Å². The average Bonchev–Trinajstić information content (AvgIpc) is 2.61. The lowest BCUT2D eigenvalue weighted by Crippen LogP contribution is -1.87. The summed E-state index contributed by atoms with van der Waals surface area (Å²) in [7, 11) is 0. The van der Waals surface area contributed by atoms with E-state index >= 15 is 0 Å². The summed E-state index contributed by atoms with van der Waals surface area (Å²) in [5.74, 6) is 0.208. The highest BCUT2D eigenvalue weighted by molar-refractivity contribution is 5.87. The van der Waals surface area contributed by atoms with Crippen molar-refractivity contribution >= 4 is 18.5 Å². The van der Waals surface area contributed by atoms with E-state index in [0.29, 0.717) is 5.56 Å². The molecule has 2 aromatic carbocycles. The van der Waals surface area contributed by atoms with Crippen molar-refractivity contribution in [3.05, 3.63) is 71.3 Å². The van der Waals surface area contributed by atoms with Gasteiger partial charge in [-0.2, -0.15) is 10.2 Å². The van der Waals surface area contributed by atoms with Crippen molar-refractivity contribution in [3.8, 4) is 5.75 Å². The van der Waals surface area contributed by atoms with Gasteiger partial charge in [0.2, 0.25) is 0 Å². The molecule has 0 saturated carbocycles. The van der Waals surface area contributed by atoms with Crippen LogP contribution in [0.25, 0.3) is 6.08 Å². The zero-order valence-electron chi connectivity index (χ0n) is 14.1. The maximum atomic E-state index is 9.70. The van der Waals surface area contributed by atoms with E-state index < -0.39 is 0 Å². The van der Waals surface area contributed by atoms with Crippen molar-refractivity contribution in [2.45, 2.75) is 32.6 Å². The molecule has 24 heavy (non-hydrogen) atoms. The number of nitrogens with zero attached hydrogens (tertiary/aromatic N) is 2. The minimum atomic E-state index is 0.208. The quantitative estimate of drug-likeness (QED) is 0.392. The lowest BCUT2D eigenvalue weighted by molar-refractivity contribution is 0.474. The molecule has 0 aliphatic carbocycles. The Hall–Kier alpha value is -2.68. The van der Waals surface area contributed by atoms with Crippen LogP contribution in [0, 0.1) is 0 Å². The van der Waals surface area contributed by atoms with Gasteiger partial charge in [-0.05, 0) is 36.1 Å². The Kier molecular flexibility index (Phi) is 7.48. The molecule has 0 heterocycles. The summed E-state index contributed by atoms with van der Waals surface area (Å²) in [4.78, 5) is 0. The third-order valence-corrected chi connectivity index (χ3v) is 3.64. The SMILES string of the molecule is CCCCCC(/C=N\N=C\c1ccccc1O)=C\c1ccccc1. The van der Waals surface area contributed by atoms with Crippen LogP contribution in [0.1, 0.15) is 43.7 Å². The third-order valence-electron chi connectivity index (χ3n) is 3.64. The van der Waals surface area contributed by atoms with Crippen LogP contribution >= 0.6 is 0 Å². The summed E-state index contributed by atoms with van der Waals surface area (Å²) in [6.07, 6.45) is 10.1. The molecular formula is C21H24N2O. The lowest BCUT2D eigenvalue weighted by atomic mass is 10.1. The van der Waals surface area contributed by atoms with E-state index in [1.807, 2.05) is 24.3 Å². The third kappa shape index (κ3) is 6.21. The molecule has 0 fully saturated rings. The number of hydrogen-bond donors (Lipinski definition) is 1. The molecule has 0 bridgehead atoms. The molecule has 2 rings (SSSR count). The van der Waals surface area contributed by atoms with E-state index in [-0.39, 0.29) is 5.75 Å². The summed E-state index contributed by atoms with van der Waals surface area (Å²) in [6.45, 7) is 2.20. The van der Waals surface area contributed by atoms with Crippen LogP contribution < -0.4 is 0 Å². The Labute approximate surface area is 144 Å². The van der Waals surface area contributed by atoms with Crippen molar-refractivity contribution in [1.29, 1.82) is 0 Å². The maximum Gasteiger partial charge on any atom is 0.124 e. The first kappa shape index (κ1) is 17.7. The minimum absolute atomic E-state index is 0.208. The van der Waals surface area contributed by atoms with E-state index in [9.17, 15) is 5.11 Å². The summed E-state index contributed by atoms with van der Waals surface area (Å²) in [6, 6.07) is 17.3. The predicted octanol–water partition coefficient (Wildman–Crippen LogP) is 5.46. The van der Waals surface area contributed by atoms with Crippen molar-refractivity contribution in [1.82, 2.24) is 0 Å². The molecular weight excluding hydrogens is 296 g/mol. The Bertz CT molecular complexity index is 703. The molecule has 0 saturated heterocycles. The highest BCUT2D eigenvalue weighted by Crippen LogP contribution is 2.14. The maximum absolute atomic E-state index is 9.70. The van der Waals surface area contributed by atoms with E-state index in [4.69, 9.17) is 0 Å². The Morgan fingerprint density at radius 1 is 0.958 bits per heavy atom. The summed E-state index contributed by atoms with van der Waals surface area (Å²) < 4.78 is 0. The fraction of sp³-hybridized carbons (Fsp3) is 0.238. The monoisotopic (exact) mass is 320 g/mol. The summed E-state index contributed by atoms with van der Waals surface area (Å²) in [5.41, 5.74) is 2.98. The topological polar surface area (TPSA) is 45.0 Å². The average molecular weight is 320 g/mol. The predicted molar refractivity (Wildman–Crippen MR) is 103 cm³/mol. The Morgan fingerprint density at radius 2 is 1.71 bits per heavy atom. The van der Waals surface area contributed by atoms with Crippen molar-refractivity contribution in [2.24, 2.45) is 10.2 Å². The molecule has 3 nitrogen and oxygen atoms in total. The smallest absolute Gasteiger partial charge is 0.124 e. The van der Waals surface area contributed by atoms with Crippen LogP contribution in [0.3, 0.4) is 0 Å². The van der Waals surface area contributed by atoms with Gasteiger partial charge in [-0.15, -0.1) is 0 Å². The minimum Gasteiger partial charge on any atom is -0.507 e. The number of aromatic hydroxyl groups is 1. The highest BCUT2D eigenvalue weighted by atomic mass is 16.3. The van der Waals surface area contributed by atoms with Gasteiger partial charge in [-0.1, -0.05) is 68.3 Å². The Morgan fingerprint density at radius 3 is 2.46 bits per heavy atom. The van der Waals surface area contributed by atoms with Gasteiger partial charge >= 0.3 is 0 Å². The molecule has 0 atom stereocenters. The Balaban J connectivity index is 2.07. The summed E-state index contributed by atoms with van der Waals surface area (Å²) in [5, 5.41) is 17.9. The van der Waals surface area contributed by atoms with Gasteiger partial charge in [-0.25, -0.2) is 0 Å². The molecule has 2 aromatic rings. The largest absolute Gasteiger partial charge is 0.507 e.